The van der Waals surface area contributed by atoms with Crippen LogP contribution >= 0.6 is 11.8 Å². The number of carbonyl (C=O) groups is 1. The number of nitrogens with one attached hydrogen (secondary N) is 1. The molecule has 1 amide bonds. The van der Waals surface area contributed by atoms with Crippen molar-refractivity contribution in [2.24, 2.45) is 20.0 Å². The van der Waals surface area contributed by atoms with Gasteiger partial charge in [-0.1, -0.05) is 13.8 Å². The molecule has 1 unspecified atom stereocenters. The molecule has 3 rings (SSSR count). The second-order valence-corrected chi connectivity index (χ2v) is 9.99. The van der Waals surface area contributed by atoms with Crippen LogP contribution in [0, 0.1) is 5.92 Å². The Hall–Kier alpha value is -1.78. The molecule has 2 aromatic rings. The Morgan fingerprint density at radius 3 is 2.59 bits per heavy atom. The Morgan fingerprint density at radius 1 is 1.26 bits per heavy atom. The van der Waals surface area contributed by atoms with Gasteiger partial charge in [0.05, 0.1) is 21.8 Å². The number of rotatable bonds is 5. The summed E-state index contributed by atoms with van der Waals surface area (Å²) >= 11 is 1.41. The van der Waals surface area contributed by atoms with Crippen LogP contribution in [0.5, 0.6) is 0 Å². The fourth-order valence-corrected chi connectivity index (χ4v) is 6.25. The Labute approximate surface area is 162 Å². The predicted molar refractivity (Wildman–Crippen MR) is 106 cm³/mol. The first-order chi connectivity index (χ1) is 12.6. The van der Waals surface area contributed by atoms with Gasteiger partial charge in [0.2, 0.25) is 15.9 Å². The highest BCUT2D eigenvalue weighted by Crippen LogP contribution is 2.29. The van der Waals surface area contributed by atoms with E-state index in [0.29, 0.717) is 23.3 Å². The zero-order valence-corrected chi connectivity index (χ0v) is 17.4. The number of imidazole rings is 1. The van der Waals surface area contributed by atoms with Crippen LogP contribution in [-0.2, 0) is 28.9 Å². The lowest BCUT2D eigenvalue weighted by Crippen LogP contribution is -2.47. The average Bonchev–Trinajstić information content (AvgIpc) is 3.21. The lowest BCUT2D eigenvalue weighted by Gasteiger charge is -2.23. The zero-order valence-electron chi connectivity index (χ0n) is 15.8. The SMILES string of the molecule is CC(C)CNC(=O)C1CSCN1S(=O)(=O)c1ccc2c(c1)n(C)c(=O)n2C. The van der Waals surface area contributed by atoms with Gasteiger partial charge < -0.3 is 5.32 Å². The second-order valence-electron chi connectivity index (χ2n) is 7.10. The predicted octanol–water partition coefficient (Wildman–Crippen LogP) is 0.713. The maximum atomic E-state index is 13.2. The second kappa shape index (κ2) is 7.33. The Kier molecular flexibility index (Phi) is 5.42. The van der Waals surface area contributed by atoms with E-state index in [1.807, 2.05) is 13.8 Å². The molecular formula is C17H24N4O4S2. The van der Waals surface area contributed by atoms with Gasteiger partial charge in [-0.3, -0.25) is 13.9 Å². The minimum absolute atomic E-state index is 0.0837. The molecule has 0 saturated carbocycles. The van der Waals surface area contributed by atoms with Crippen molar-refractivity contribution in [2.75, 3.05) is 18.2 Å². The fraction of sp³-hybridized carbons (Fsp3) is 0.529. The van der Waals surface area contributed by atoms with Crippen molar-refractivity contribution in [1.29, 1.82) is 0 Å². The lowest BCUT2D eigenvalue weighted by molar-refractivity contribution is -0.123. The number of hydrogen-bond acceptors (Lipinski definition) is 5. The summed E-state index contributed by atoms with van der Waals surface area (Å²) in [5, 5.41) is 2.82. The Balaban J connectivity index is 1.95. The van der Waals surface area contributed by atoms with Crippen molar-refractivity contribution in [2.45, 2.75) is 24.8 Å². The number of amides is 1. The van der Waals surface area contributed by atoms with E-state index in [1.54, 1.807) is 20.2 Å². The number of fused-ring (bicyclic) bond motifs is 1. The molecule has 0 aliphatic carbocycles. The first-order valence-corrected chi connectivity index (χ1v) is 11.3. The molecule has 1 aliphatic rings. The number of carbonyl (C=O) groups excluding carboxylic acids is 1. The van der Waals surface area contributed by atoms with Crippen LogP contribution in [0.3, 0.4) is 0 Å². The third-order valence-corrected chi connectivity index (χ3v) is 7.71. The largest absolute Gasteiger partial charge is 0.354 e. The number of nitrogens with zero attached hydrogens (tertiary/aromatic N) is 3. The highest BCUT2D eigenvalue weighted by Gasteiger charge is 2.40. The average molecular weight is 413 g/mol. The molecule has 0 radical (unpaired) electrons. The minimum Gasteiger partial charge on any atom is -0.354 e. The maximum absolute atomic E-state index is 13.2. The van der Waals surface area contributed by atoms with Gasteiger partial charge in [0.15, 0.2) is 0 Å². The topological polar surface area (TPSA) is 93.4 Å². The van der Waals surface area contributed by atoms with Gasteiger partial charge in [-0.05, 0) is 24.1 Å². The number of aryl methyl sites for hydroxylation is 2. The van der Waals surface area contributed by atoms with E-state index >= 15 is 0 Å². The first kappa shape index (κ1) is 20.0. The molecule has 0 spiro atoms. The summed E-state index contributed by atoms with van der Waals surface area (Å²) < 4.78 is 30.5. The van der Waals surface area contributed by atoms with Crippen LogP contribution in [-0.4, -0.2) is 52.0 Å². The molecule has 1 fully saturated rings. The molecule has 1 aliphatic heterocycles. The van der Waals surface area contributed by atoms with E-state index < -0.39 is 16.1 Å². The summed E-state index contributed by atoms with van der Waals surface area (Å²) in [5.41, 5.74) is 0.974. The van der Waals surface area contributed by atoms with E-state index in [4.69, 9.17) is 0 Å². The van der Waals surface area contributed by atoms with Crippen molar-refractivity contribution >= 4 is 38.7 Å². The van der Waals surface area contributed by atoms with Crippen LogP contribution in [0.15, 0.2) is 27.9 Å². The molecule has 1 aromatic heterocycles. The normalized spacial score (nSPS) is 18.5. The van der Waals surface area contributed by atoms with Gasteiger partial charge in [-0.2, -0.15) is 4.31 Å². The van der Waals surface area contributed by atoms with E-state index in [-0.39, 0.29) is 28.3 Å². The van der Waals surface area contributed by atoms with Gasteiger partial charge in [-0.25, -0.2) is 13.2 Å². The minimum atomic E-state index is -3.86. The summed E-state index contributed by atoms with van der Waals surface area (Å²) in [6, 6.07) is 3.89. The third-order valence-electron chi connectivity index (χ3n) is 4.68. The standard InChI is InChI=1S/C17H24N4O4S2/c1-11(2)8-18-16(22)15-9-26-10-21(15)27(24,25)12-5-6-13-14(7-12)20(4)17(23)19(13)3/h5-7,11,15H,8-10H2,1-4H3,(H,18,22). The van der Waals surface area contributed by atoms with Crippen molar-refractivity contribution < 1.29 is 13.2 Å². The van der Waals surface area contributed by atoms with Crippen molar-refractivity contribution in [1.82, 2.24) is 18.8 Å². The van der Waals surface area contributed by atoms with Crippen molar-refractivity contribution in [3.8, 4) is 0 Å². The summed E-state index contributed by atoms with van der Waals surface area (Å²) in [4.78, 5) is 24.6. The van der Waals surface area contributed by atoms with Gasteiger partial charge in [0, 0.05) is 26.4 Å². The lowest BCUT2D eigenvalue weighted by atomic mass is 10.2. The van der Waals surface area contributed by atoms with Crippen LogP contribution in [0.25, 0.3) is 11.0 Å². The number of aromatic nitrogens is 2. The van der Waals surface area contributed by atoms with Gasteiger partial charge in [-0.15, -0.1) is 11.8 Å². The van der Waals surface area contributed by atoms with Crippen LogP contribution in [0.1, 0.15) is 13.8 Å². The molecule has 0 bridgehead atoms. The molecule has 2 heterocycles. The van der Waals surface area contributed by atoms with Crippen molar-refractivity contribution in [3.63, 3.8) is 0 Å². The van der Waals surface area contributed by atoms with Crippen LogP contribution in [0.2, 0.25) is 0 Å². The molecular weight excluding hydrogens is 388 g/mol. The fourth-order valence-electron chi connectivity index (χ4n) is 3.08. The van der Waals surface area contributed by atoms with E-state index in [0.717, 1.165) is 0 Å². The highest BCUT2D eigenvalue weighted by molar-refractivity contribution is 8.00. The maximum Gasteiger partial charge on any atom is 0.328 e. The summed E-state index contributed by atoms with van der Waals surface area (Å²) in [5.74, 6) is 0.670. The molecule has 1 saturated heterocycles. The summed E-state index contributed by atoms with van der Waals surface area (Å²) in [6.45, 7) is 4.47. The van der Waals surface area contributed by atoms with E-state index in [9.17, 15) is 18.0 Å². The molecule has 148 valence electrons. The molecule has 27 heavy (non-hydrogen) atoms. The van der Waals surface area contributed by atoms with E-state index in [2.05, 4.69) is 5.32 Å². The number of benzene rings is 1. The Morgan fingerprint density at radius 2 is 1.93 bits per heavy atom. The van der Waals surface area contributed by atoms with E-state index in [1.165, 1.54) is 37.3 Å². The van der Waals surface area contributed by atoms with Crippen LogP contribution in [0.4, 0.5) is 0 Å². The van der Waals surface area contributed by atoms with Gasteiger partial charge >= 0.3 is 5.69 Å². The molecule has 1 aromatic carbocycles. The summed E-state index contributed by atoms with van der Waals surface area (Å²) in [7, 11) is -0.606. The number of sulfonamides is 1. The number of thioether (sulfide) groups is 1. The highest BCUT2D eigenvalue weighted by atomic mass is 32.2. The van der Waals surface area contributed by atoms with Gasteiger partial charge in [0.1, 0.15) is 6.04 Å². The molecule has 8 nitrogen and oxygen atoms in total. The first-order valence-electron chi connectivity index (χ1n) is 8.67. The number of hydrogen-bond donors (Lipinski definition) is 1. The monoisotopic (exact) mass is 412 g/mol. The quantitative estimate of drug-likeness (QED) is 0.781. The van der Waals surface area contributed by atoms with Crippen LogP contribution < -0.4 is 11.0 Å². The summed E-state index contributed by atoms with van der Waals surface area (Å²) in [6.07, 6.45) is 0. The third kappa shape index (κ3) is 3.53. The molecule has 10 heteroatoms. The Bertz CT molecular complexity index is 1040. The molecule has 1 N–H and O–H groups in total. The smallest absolute Gasteiger partial charge is 0.328 e. The molecule has 1 atom stereocenters. The van der Waals surface area contributed by atoms with Crippen molar-refractivity contribution in [3.05, 3.63) is 28.7 Å². The zero-order chi connectivity index (χ0) is 19.9. The van der Waals surface area contributed by atoms with Gasteiger partial charge in [0.25, 0.3) is 0 Å².